The van der Waals surface area contributed by atoms with Crippen LogP contribution in [0.4, 0.5) is 4.39 Å². The molecule has 0 amide bonds. The fourth-order valence-electron chi connectivity index (χ4n) is 3.00. The van der Waals surface area contributed by atoms with Gasteiger partial charge in [0.1, 0.15) is 11.6 Å². The number of hydrogen-bond acceptors (Lipinski definition) is 3. The van der Waals surface area contributed by atoms with Crippen LogP contribution in [-0.4, -0.2) is 38.2 Å². The van der Waals surface area contributed by atoms with Gasteiger partial charge in [-0.05, 0) is 24.8 Å². The highest BCUT2D eigenvalue weighted by atomic mass is 35.5. The van der Waals surface area contributed by atoms with E-state index in [1.54, 1.807) is 7.11 Å². The maximum absolute atomic E-state index is 14.3. The Morgan fingerprint density at radius 2 is 1.90 bits per heavy atom. The molecule has 1 aromatic carbocycles. The highest BCUT2D eigenvalue weighted by Crippen LogP contribution is 2.45. The molecule has 1 aliphatic carbocycles. The van der Waals surface area contributed by atoms with E-state index in [1.165, 1.54) is 18.9 Å². The first kappa shape index (κ1) is 18.5. The lowest BCUT2D eigenvalue weighted by molar-refractivity contribution is 0.153. The van der Waals surface area contributed by atoms with Crippen molar-refractivity contribution in [2.45, 2.75) is 18.9 Å². The Morgan fingerprint density at radius 1 is 1.24 bits per heavy atom. The van der Waals surface area contributed by atoms with Gasteiger partial charge in [0, 0.05) is 43.9 Å². The van der Waals surface area contributed by atoms with E-state index >= 15 is 0 Å². The lowest BCUT2D eigenvalue weighted by Gasteiger charge is -2.35. The SMILES string of the molecule is COc1ccc([C@H](C2CC2)N2CCNCC2)c(F)c1.Cl.Cl. The molecule has 3 nitrogen and oxygen atoms in total. The summed E-state index contributed by atoms with van der Waals surface area (Å²) in [5.41, 5.74) is 0.838. The van der Waals surface area contributed by atoms with Gasteiger partial charge in [-0.2, -0.15) is 0 Å². The minimum Gasteiger partial charge on any atom is -0.497 e. The van der Waals surface area contributed by atoms with Crippen molar-refractivity contribution < 1.29 is 9.13 Å². The van der Waals surface area contributed by atoms with E-state index in [9.17, 15) is 4.39 Å². The Balaban J connectivity index is 0.00000110. The van der Waals surface area contributed by atoms with Gasteiger partial charge in [0.05, 0.1) is 7.11 Å². The van der Waals surface area contributed by atoms with Crippen LogP contribution in [0.15, 0.2) is 18.2 Å². The van der Waals surface area contributed by atoms with Crippen molar-refractivity contribution >= 4 is 24.8 Å². The van der Waals surface area contributed by atoms with Gasteiger partial charge in [-0.15, -0.1) is 24.8 Å². The molecule has 3 rings (SSSR count). The molecule has 21 heavy (non-hydrogen) atoms. The number of hydrogen-bond donors (Lipinski definition) is 1. The number of nitrogens with one attached hydrogen (secondary N) is 1. The average molecular weight is 337 g/mol. The first-order valence-corrected chi connectivity index (χ1v) is 7.08. The fraction of sp³-hybridized carbons (Fsp3) is 0.600. The molecule has 0 radical (unpaired) electrons. The molecular formula is C15H23Cl2FN2O. The van der Waals surface area contributed by atoms with Crippen LogP contribution in [-0.2, 0) is 0 Å². The smallest absolute Gasteiger partial charge is 0.131 e. The van der Waals surface area contributed by atoms with Crippen LogP contribution in [0.5, 0.6) is 5.75 Å². The predicted octanol–water partition coefficient (Wildman–Crippen LogP) is 3.03. The van der Waals surface area contributed by atoms with Gasteiger partial charge >= 0.3 is 0 Å². The first-order chi connectivity index (χ1) is 9.29. The van der Waals surface area contributed by atoms with E-state index < -0.39 is 0 Å². The summed E-state index contributed by atoms with van der Waals surface area (Å²) in [4.78, 5) is 2.43. The van der Waals surface area contributed by atoms with Crippen molar-refractivity contribution in [3.05, 3.63) is 29.6 Å². The third-order valence-corrected chi connectivity index (χ3v) is 4.14. The Bertz CT molecular complexity index is 451. The molecule has 1 N–H and O–H groups in total. The highest BCUT2D eigenvalue weighted by molar-refractivity contribution is 5.85. The van der Waals surface area contributed by atoms with Crippen molar-refractivity contribution in [2.24, 2.45) is 5.92 Å². The summed E-state index contributed by atoms with van der Waals surface area (Å²) in [6.07, 6.45) is 2.44. The molecule has 0 aromatic heterocycles. The van der Waals surface area contributed by atoms with Crippen LogP contribution < -0.4 is 10.1 Å². The highest BCUT2D eigenvalue weighted by Gasteiger charge is 2.38. The Hall–Kier alpha value is -0.550. The number of nitrogens with zero attached hydrogens (tertiary/aromatic N) is 1. The first-order valence-electron chi connectivity index (χ1n) is 7.08. The predicted molar refractivity (Wildman–Crippen MR) is 87.4 cm³/mol. The van der Waals surface area contributed by atoms with E-state index in [0.717, 1.165) is 31.7 Å². The van der Waals surface area contributed by atoms with Gasteiger partial charge < -0.3 is 10.1 Å². The van der Waals surface area contributed by atoms with Crippen LogP contribution in [0.2, 0.25) is 0 Å². The van der Waals surface area contributed by atoms with Crippen molar-refractivity contribution in [2.75, 3.05) is 33.3 Å². The van der Waals surface area contributed by atoms with Gasteiger partial charge in [0.2, 0.25) is 0 Å². The van der Waals surface area contributed by atoms with E-state index in [1.807, 2.05) is 12.1 Å². The zero-order valence-electron chi connectivity index (χ0n) is 12.2. The second-order valence-electron chi connectivity index (χ2n) is 5.46. The Morgan fingerprint density at radius 3 is 2.43 bits per heavy atom. The van der Waals surface area contributed by atoms with E-state index in [2.05, 4.69) is 10.2 Å². The van der Waals surface area contributed by atoms with Gasteiger partial charge in [-0.1, -0.05) is 6.07 Å². The molecule has 120 valence electrons. The fourth-order valence-corrected chi connectivity index (χ4v) is 3.00. The molecule has 0 unspecified atom stereocenters. The maximum atomic E-state index is 14.3. The molecule has 2 aliphatic rings. The van der Waals surface area contributed by atoms with Crippen LogP contribution in [0.1, 0.15) is 24.4 Å². The van der Waals surface area contributed by atoms with Gasteiger partial charge in [0.15, 0.2) is 0 Å². The largest absolute Gasteiger partial charge is 0.497 e. The summed E-state index contributed by atoms with van der Waals surface area (Å²) in [7, 11) is 1.57. The van der Waals surface area contributed by atoms with Gasteiger partial charge in [-0.3, -0.25) is 4.90 Å². The molecule has 1 heterocycles. The van der Waals surface area contributed by atoms with Crippen molar-refractivity contribution in [3.8, 4) is 5.75 Å². The summed E-state index contributed by atoms with van der Waals surface area (Å²) in [6, 6.07) is 5.52. The number of ether oxygens (including phenoxy) is 1. The lowest BCUT2D eigenvalue weighted by Crippen LogP contribution is -2.45. The topological polar surface area (TPSA) is 24.5 Å². The molecule has 1 aliphatic heterocycles. The summed E-state index contributed by atoms with van der Waals surface area (Å²) < 4.78 is 19.4. The summed E-state index contributed by atoms with van der Waals surface area (Å²) >= 11 is 0. The minimum absolute atomic E-state index is 0. The van der Waals surface area contributed by atoms with Gasteiger partial charge in [0.25, 0.3) is 0 Å². The second-order valence-corrected chi connectivity index (χ2v) is 5.46. The normalized spacial score (nSPS) is 20.1. The van der Waals surface area contributed by atoms with Crippen molar-refractivity contribution in [1.82, 2.24) is 10.2 Å². The average Bonchev–Trinajstić information content (AvgIpc) is 3.27. The van der Waals surface area contributed by atoms with E-state index in [-0.39, 0.29) is 36.7 Å². The van der Waals surface area contributed by atoms with Crippen LogP contribution in [0.25, 0.3) is 0 Å². The number of rotatable bonds is 4. The van der Waals surface area contributed by atoms with Crippen molar-refractivity contribution in [1.29, 1.82) is 0 Å². The number of methoxy groups -OCH3 is 1. The Labute approximate surface area is 138 Å². The maximum Gasteiger partial charge on any atom is 0.131 e. The van der Waals surface area contributed by atoms with Crippen LogP contribution in [0, 0.1) is 11.7 Å². The zero-order chi connectivity index (χ0) is 13.2. The Kier molecular flexibility index (Phi) is 7.21. The van der Waals surface area contributed by atoms with E-state index in [4.69, 9.17) is 4.74 Å². The standard InChI is InChI=1S/C15H21FN2O.2ClH/c1-19-12-4-5-13(14(16)10-12)15(11-2-3-11)18-8-6-17-7-9-18;;/h4-5,10-11,15,17H,2-3,6-9H2,1H3;2*1H/t15-;;/m0../s1. The lowest BCUT2D eigenvalue weighted by atomic mass is 9.99. The third kappa shape index (κ3) is 4.22. The van der Waals surface area contributed by atoms with Crippen LogP contribution in [0.3, 0.4) is 0 Å². The van der Waals surface area contributed by atoms with Crippen LogP contribution >= 0.6 is 24.8 Å². The molecule has 0 bridgehead atoms. The zero-order valence-corrected chi connectivity index (χ0v) is 13.8. The quantitative estimate of drug-likeness (QED) is 0.914. The molecule has 1 atom stereocenters. The number of piperazine rings is 1. The molecule has 1 saturated heterocycles. The van der Waals surface area contributed by atoms with E-state index in [0.29, 0.717) is 11.7 Å². The molecule has 2 fully saturated rings. The van der Waals surface area contributed by atoms with Crippen molar-refractivity contribution in [3.63, 3.8) is 0 Å². The molecule has 1 saturated carbocycles. The third-order valence-electron chi connectivity index (χ3n) is 4.14. The minimum atomic E-state index is -0.130. The second kappa shape index (κ2) is 8.18. The molecular weight excluding hydrogens is 314 g/mol. The molecule has 1 aromatic rings. The monoisotopic (exact) mass is 336 g/mol. The van der Waals surface area contributed by atoms with Gasteiger partial charge in [-0.25, -0.2) is 4.39 Å². The summed E-state index contributed by atoms with van der Waals surface area (Å²) in [5.74, 6) is 1.09. The molecule has 0 spiro atoms. The number of benzene rings is 1. The summed E-state index contributed by atoms with van der Waals surface area (Å²) in [6.45, 7) is 4.02. The molecule has 6 heteroatoms. The summed E-state index contributed by atoms with van der Waals surface area (Å²) in [5, 5.41) is 3.36. The number of halogens is 3.